The number of anilines is 1. The average Bonchev–Trinajstić information content (AvgIpc) is 2.39. The van der Waals surface area contributed by atoms with Crippen molar-refractivity contribution in [2.45, 2.75) is 0 Å². The maximum atomic E-state index is 2.27. The summed E-state index contributed by atoms with van der Waals surface area (Å²) in [6, 6.07) is 14.9. The molecule has 0 spiro atoms. The summed E-state index contributed by atoms with van der Waals surface area (Å²) >= 11 is 0. The van der Waals surface area contributed by atoms with Gasteiger partial charge in [0.05, 0.1) is 0 Å². The number of fused-ring (bicyclic) bond motifs is 1. The molecule has 16 heavy (non-hydrogen) atoms. The van der Waals surface area contributed by atoms with Crippen molar-refractivity contribution in [2.24, 2.45) is 0 Å². The maximum Gasteiger partial charge on any atom is 0.0488 e. The van der Waals surface area contributed by atoms with Crippen LogP contribution in [-0.4, -0.2) is 6.54 Å². The molecule has 0 N–H and O–H groups in total. The molecule has 1 heterocycles. The molecule has 0 fully saturated rings. The zero-order chi connectivity index (χ0) is 10.8. The molecule has 0 unspecified atom stereocenters. The lowest BCUT2D eigenvalue weighted by Crippen LogP contribution is -2.17. The van der Waals surface area contributed by atoms with Gasteiger partial charge in [0.2, 0.25) is 0 Å². The molecule has 2 aromatic rings. The highest BCUT2D eigenvalue weighted by molar-refractivity contribution is 5.94. The predicted molar refractivity (Wildman–Crippen MR) is 69.6 cm³/mol. The van der Waals surface area contributed by atoms with Gasteiger partial charge in [-0.15, -0.1) is 0 Å². The second-order valence-corrected chi connectivity index (χ2v) is 3.92. The summed E-state index contributed by atoms with van der Waals surface area (Å²) in [5, 5.41) is 2.60. The van der Waals surface area contributed by atoms with E-state index in [0.29, 0.717) is 0 Å². The first-order valence-electron chi connectivity index (χ1n) is 5.53. The van der Waals surface area contributed by atoms with Gasteiger partial charge >= 0.3 is 0 Å². The van der Waals surface area contributed by atoms with Crippen molar-refractivity contribution in [3.8, 4) is 0 Å². The topological polar surface area (TPSA) is 3.24 Å². The van der Waals surface area contributed by atoms with Crippen LogP contribution in [0.15, 0.2) is 66.9 Å². The van der Waals surface area contributed by atoms with Crippen molar-refractivity contribution < 1.29 is 0 Å². The molecule has 3 rings (SSSR count). The van der Waals surface area contributed by atoms with E-state index in [1.807, 2.05) is 0 Å². The van der Waals surface area contributed by atoms with Crippen LogP contribution in [0.25, 0.3) is 10.8 Å². The monoisotopic (exact) mass is 207 g/mol. The smallest absolute Gasteiger partial charge is 0.0488 e. The van der Waals surface area contributed by atoms with Gasteiger partial charge in [0, 0.05) is 23.8 Å². The Morgan fingerprint density at radius 1 is 0.875 bits per heavy atom. The Bertz CT molecular complexity index is 561. The third-order valence-corrected chi connectivity index (χ3v) is 2.89. The summed E-state index contributed by atoms with van der Waals surface area (Å²) in [5.41, 5.74) is 1.28. The molecule has 1 aliphatic rings. The van der Waals surface area contributed by atoms with Crippen molar-refractivity contribution >= 4 is 16.5 Å². The minimum Gasteiger partial charge on any atom is -0.344 e. The van der Waals surface area contributed by atoms with Crippen LogP contribution >= 0.6 is 0 Å². The molecule has 1 heteroatoms. The van der Waals surface area contributed by atoms with Gasteiger partial charge in [0.1, 0.15) is 0 Å². The molecular formula is C15H13N. The summed E-state index contributed by atoms with van der Waals surface area (Å²) in [6.45, 7) is 0.949. The van der Waals surface area contributed by atoms with E-state index < -0.39 is 0 Å². The lowest BCUT2D eigenvalue weighted by Gasteiger charge is -2.22. The third kappa shape index (κ3) is 1.50. The maximum absolute atomic E-state index is 2.27. The molecule has 0 radical (unpaired) electrons. The van der Waals surface area contributed by atoms with Crippen molar-refractivity contribution in [1.82, 2.24) is 0 Å². The second kappa shape index (κ2) is 3.86. The molecule has 0 saturated carbocycles. The van der Waals surface area contributed by atoms with Crippen LogP contribution in [0.1, 0.15) is 0 Å². The molecule has 0 saturated heterocycles. The van der Waals surface area contributed by atoms with Gasteiger partial charge in [-0.1, -0.05) is 48.6 Å². The van der Waals surface area contributed by atoms with E-state index in [-0.39, 0.29) is 0 Å². The van der Waals surface area contributed by atoms with Crippen LogP contribution in [0.2, 0.25) is 0 Å². The molecule has 0 atom stereocenters. The molecule has 0 aromatic heterocycles. The Morgan fingerprint density at radius 2 is 1.75 bits per heavy atom. The first-order valence-corrected chi connectivity index (χ1v) is 5.53. The SMILES string of the molecule is C1=CCN(c2cccc3ccccc23)C=C1. The van der Waals surface area contributed by atoms with E-state index in [2.05, 4.69) is 71.8 Å². The summed E-state index contributed by atoms with van der Waals surface area (Å²) < 4.78 is 0. The molecule has 0 amide bonds. The van der Waals surface area contributed by atoms with Crippen LogP contribution in [0.3, 0.4) is 0 Å². The van der Waals surface area contributed by atoms with Crippen LogP contribution in [-0.2, 0) is 0 Å². The lowest BCUT2D eigenvalue weighted by atomic mass is 10.1. The van der Waals surface area contributed by atoms with Gasteiger partial charge in [-0.05, 0) is 17.5 Å². The van der Waals surface area contributed by atoms with E-state index in [1.165, 1.54) is 16.5 Å². The van der Waals surface area contributed by atoms with Gasteiger partial charge < -0.3 is 4.90 Å². The standard InChI is InChI=1S/C15H13N/c1-4-11-16(12-5-1)15-10-6-8-13-7-2-3-9-14(13)15/h1-11H,12H2. The summed E-state index contributed by atoms with van der Waals surface area (Å²) in [4.78, 5) is 2.27. The summed E-state index contributed by atoms with van der Waals surface area (Å²) in [7, 11) is 0. The Balaban J connectivity index is 2.16. The average molecular weight is 207 g/mol. The minimum atomic E-state index is 0.949. The van der Waals surface area contributed by atoms with E-state index in [1.54, 1.807) is 0 Å². The minimum absolute atomic E-state index is 0.949. The highest BCUT2D eigenvalue weighted by atomic mass is 15.1. The van der Waals surface area contributed by atoms with Gasteiger partial charge in [0.15, 0.2) is 0 Å². The Hall–Kier alpha value is -2.02. The first-order chi connectivity index (χ1) is 7.95. The number of benzene rings is 2. The van der Waals surface area contributed by atoms with E-state index in [0.717, 1.165) is 6.54 Å². The Morgan fingerprint density at radius 3 is 2.62 bits per heavy atom. The number of hydrogen-bond acceptors (Lipinski definition) is 1. The van der Waals surface area contributed by atoms with Gasteiger partial charge in [-0.25, -0.2) is 0 Å². The van der Waals surface area contributed by atoms with Crippen molar-refractivity contribution in [3.05, 3.63) is 66.9 Å². The van der Waals surface area contributed by atoms with Crippen molar-refractivity contribution in [3.63, 3.8) is 0 Å². The number of nitrogens with zero attached hydrogens (tertiary/aromatic N) is 1. The zero-order valence-corrected chi connectivity index (χ0v) is 9.01. The van der Waals surface area contributed by atoms with Crippen LogP contribution in [0.4, 0.5) is 5.69 Å². The number of rotatable bonds is 1. The molecule has 78 valence electrons. The normalized spacial score (nSPS) is 14.6. The van der Waals surface area contributed by atoms with Gasteiger partial charge in [0.25, 0.3) is 0 Å². The van der Waals surface area contributed by atoms with Crippen LogP contribution in [0, 0.1) is 0 Å². The first kappa shape index (κ1) is 9.22. The highest BCUT2D eigenvalue weighted by Crippen LogP contribution is 2.27. The highest BCUT2D eigenvalue weighted by Gasteiger charge is 2.06. The largest absolute Gasteiger partial charge is 0.344 e. The lowest BCUT2D eigenvalue weighted by molar-refractivity contribution is 1.08. The third-order valence-electron chi connectivity index (χ3n) is 2.89. The van der Waals surface area contributed by atoms with E-state index in [4.69, 9.17) is 0 Å². The van der Waals surface area contributed by atoms with Crippen LogP contribution in [0.5, 0.6) is 0 Å². The number of allylic oxidation sites excluding steroid dienone is 2. The summed E-state index contributed by atoms with van der Waals surface area (Å²) in [5.74, 6) is 0. The second-order valence-electron chi connectivity index (χ2n) is 3.92. The summed E-state index contributed by atoms with van der Waals surface area (Å²) in [6.07, 6.45) is 8.45. The molecular weight excluding hydrogens is 194 g/mol. The molecule has 1 aliphatic heterocycles. The fraction of sp³-hybridized carbons (Fsp3) is 0.0667. The fourth-order valence-corrected chi connectivity index (χ4v) is 2.10. The fourth-order valence-electron chi connectivity index (χ4n) is 2.10. The number of hydrogen-bond donors (Lipinski definition) is 0. The Kier molecular flexibility index (Phi) is 2.22. The van der Waals surface area contributed by atoms with Gasteiger partial charge in [-0.2, -0.15) is 0 Å². The quantitative estimate of drug-likeness (QED) is 0.688. The molecule has 2 aromatic carbocycles. The predicted octanol–water partition coefficient (Wildman–Crippen LogP) is 3.73. The zero-order valence-electron chi connectivity index (χ0n) is 9.01. The van der Waals surface area contributed by atoms with Crippen molar-refractivity contribution in [2.75, 3.05) is 11.4 Å². The van der Waals surface area contributed by atoms with Crippen LogP contribution < -0.4 is 4.90 Å². The van der Waals surface area contributed by atoms with E-state index in [9.17, 15) is 0 Å². The van der Waals surface area contributed by atoms with Gasteiger partial charge in [-0.3, -0.25) is 0 Å². The molecule has 0 bridgehead atoms. The van der Waals surface area contributed by atoms with Crippen molar-refractivity contribution in [1.29, 1.82) is 0 Å². The molecule has 1 nitrogen and oxygen atoms in total. The van der Waals surface area contributed by atoms with E-state index >= 15 is 0 Å². The Labute approximate surface area is 95.3 Å². The molecule has 0 aliphatic carbocycles.